The quantitative estimate of drug-likeness (QED) is 0.741. The Morgan fingerprint density at radius 3 is 2.61 bits per heavy atom. The molecule has 2 fully saturated rings. The molecule has 0 spiro atoms. The van der Waals surface area contributed by atoms with Crippen molar-refractivity contribution in [1.82, 2.24) is 10.3 Å². The van der Waals surface area contributed by atoms with E-state index in [9.17, 15) is 18.8 Å². The van der Waals surface area contributed by atoms with Gasteiger partial charge in [-0.3, -0.25) is 24.3 Å². The summed E-state index contributed by atoms with van der Waals surface area (Å²) >= 11 is 1.11. The van der Waals surface area contributed by atoms with E-state index in [2.05, 4.69) is 10.3 Å². The monoisotopic (exact) mass is 441 g/mol. The zero-order valence-electron chi connectivity index (χ0n) is 17.0. The second kappa shape index (κ2) is 9.60. The summed E-state index contributed by atoms with van der Waals surface area (Å²) in [7, 11) is 0. The van der Waals surface area contributed by atoms with Crippen LogP contribution in [0.15, 0.2) is 48.7 Å². The van der Waals surface area contributed by atoms with Gasteiger partial charge in [-0.05, 0) is 43.2 Å². The van der Waals surface area contributed by atoms with Gasteiger partial charge in [-0.1, -0.05) is 36.7 Å². The van der Waals surface area contributed by atoms with Crippen LogP contribution in [-0.4, -0.2) is 33.7 Å². The van der Waals surface area contributed by atoms with Crippen molar-refractivity contribution in [3.05, 3.63) is 60.2 Å². The van der Waals surface area contributed by atoms with Crippen LogP contribution in [-0.2, 0) is 14.4 Å². The number of hydrogen-bond acceptors (Lipinski definition) is 5. The first-order valence-electron chi connectivity index (χ1n) is 10.5. The van der Waals surface area contributed by atoms with Crippen molar-refractivity contribution in [3.8, 4) is 0 Å². The maximum atomic E-state index is 14.1. The van der Waals surface area contributed by atoms with Crippen molar-refractivity contribution in [1.29, 1.82) is 0 Å². The minimum Gasteiger partial charge on any atom is -0.351 e. The Morgan fingerprint density at radius 2 is 1.97 bits per heavy atom. The zero-order chi connectivity index (χ0) is 21.8. The number of benzene rings is 1. The second-order valence-electron chi connectivity index (χ2n) is 7.92. The van der Waals surface area contributed by atoms with Crippen LogP contribution in [0, 0.1) is 11.7 Å². The highest BCUT2D eigenvalue weighted by atomic mass is 32.2. The largest absolute Gasteiger partial charge is 0.351 e. The van der Waals surface area contributed by atoms with E-state index in [4.69, 9.17) is 0 Å². The van der Waals surface area contributed by atoms with E-state index in [1.54, 1.807) is 30.5 Å². The molecule has 1 saturated heterocycles. The Hall–Kier alpha value is -2.74. The summed E-state index contributed by atoms with van der Waals surface area (Å²) in [4.78, 5) is 44.5. The number of carbonyl (C=O) groups excluding carboxylic acids is 3. The first-order valence-corrected chi connectivity index (χ1v) is 11.5. The summed E-state index contributed by atoms with van der Waals surface area (Å²) < 4.78 is 14.1. The number of rotatable bonds is 6. The Morgan fingerprint density at radius 1 is 1.16 bits per heavy atom. The first-order chi connectivity index (χ1) is 15.0. The van der Waals surface area contributed by atoms with E-state index in [1.165, 1.54) is 23.1 Å². The number of nitrogens with zero attached hydrogens (tertiary/aromatic N) is 2. The molecular weight excluding hydrogens is 417 g/mol. The van der Waals surface area contributed by atoms with Crippen LogP contribution in [0.3, 0.4) is 0 Å². The summed E-state index contributed by atoms with van der Waals surface area (Å²) in [6.45, 7) is 0. The van der Waals surface area contributed by atoms with Gasteiger partial charge in [-0.25, -0.2) is 4.39 Å². The van der Waals surface area contributed by atoms with E-state index < -0.39 is 17.8 Å². The van der Waals surface area contributed by atoms with Crippen molar-refractivity contribution in [3.63, 3.8) is 0 Å². The molecule has 6 nitrogen and oxygen atoms in total. The molecular formula is C23H24FN3O3S. The summed E-state index contributed by atoms with van der Waals surface area (Å²) in [5.41, 5.74) is 0.666. The van der Waals surface area contributed by atoms with Gasteiger partial charge in [0, 0.05) is 30.1 Å². The maximum Gasteiger partial charge on any atom is 0.249 e. The molecule has 4 rings (SSSR count). The highest BCUT2D eigenvalue weighted by molar-refractivity contribution is 8.14. The van der Waals surface area contributed by atoms with Crippen LogP contribution in [0.1, 0.15) is 43.8 Å². The lowest BCUT2D eigenvalue weighted by molar-refractivity contribution is -0.129. The summed E-state index contributed by atoms with van der Waals surface area (Å²) in [6.07, 6.45) is 5.55. The molecule has 0 unspecified atom stereocenters. The van der Waals surface area contributed by atoms with Crippen LogP contribution < -0.4 is 10.2 Å². The van der Waals surface area contributed by atoms with Crippen molar-refractivity contribution < 1.29 is 18.8 Å². The molecule has 8 heteroatoms. The van der Waals surface area contributed by atoms with E-state index in [-0.39, 0.29) is 35.1 Å². The molecule has 1 aliphatic carbocycles. The van der Waals surface area contributed by atoms with Crippen molar-refractivity contribution >= 4 is 34.4 Å². The predicted octanol–water partition coefficient (Wildman–Crippen LogP) is 3.63. The molecule has 2 atom stereocenters. The molecule has 1 saturated carbocycles. The third kappa shape index (κ3) is 4.95. The molecule has 1 N–H and O–H groups in total. The SMILES string of the molecule is O=C1C[C@@H](C(=O)N(c2cccc(F)c2)[C@@H](C(=O)NC2CCCC2)c2ccccn2)CS1. The molecule has 0 radical (unpaired) electrons. The van der Waals surface area contributed by atoms with Crippen LogP contribution in [0.4, 0.5) is 10.1 Å². The minimum absolute atomic E-state index is 0.0480. The van der Waals surface area contributed by atoms with Gasteiger partial charge in [0.15, 0.2) is 11.2 Å². The van der Waals surface area contributed by atoms with E-state index in [1.807, 2.05) is 0 Å². The zero-order valence-corrected chi connectivity index (χ0v) is 17.8. The number of thioether (sulfide) groups is 1. The summed E-state index contributed by atoms with van der Waals surface area (Å²) in [5.74, 6) is -1.45. The molecule has 2 aromatic rings. The van der Waals surface area contributed by atoms with Crippen LogP contribution in [0.5, 0.6) is 0 Å². The lowest BCUT2D eigenvalue weighted by Crippen LogP contribution is -2.48. The predicted molar refractivity (Wildman–Crippen MR) is 117 cm³/mol. The van der Waals surface area contributed by atoms with Gasteiger partial charge in [0.25, 0.3) is 0 Å². The smallest absolute Gasteiger partial charge is 0.249 e. The highest BCUT2D eigenvalue weighted by Crippen LogP contribution is 2.34. The van der Waals surface area contributed by atoms with Crippen LogP contribution in [0.25, 0.3) is 0 Å². The van der Waals surface area contributed by atoms with Gasteiger partial charge in [0.05, 0.1) is 11.6 Å². The number of carbonyl (C=O) groups is 3. The van der Waals surface area contributed by atoms with Crippen LogP contribution in [0.2, 0.25) is 0 Å². The third-order valence-corrected chi connectivity index (χ3v) is 6.77. The fourth-order valence-corrected chi connectivity index (χ4v) is 5.14. The Balaban J connectivity index is 1.75. The number of nitrogens with one attached hydrogen (secondary N) is 1. The fraction of sp³-hybridized carbons (Fsp3) is 0.391. The third-order valence-electron chi connectivity index (χ3n) is 5.71. The number of amides is 2. The van der Waals surface area contributed by atoms with Gasteiger partial charge < -0.3 is 5.32 Å². The summed E-state index contributed by atoms with van der Waals surface area (Å²) in [6, 6.07) is 9.79. The van der Waals surface area contributed by atoms with E-state index in [0.29, 0.717) is 11.4 Å². The Labute approximate surface area is 184 Å². The van der Waals surface area contributed by atoms with E-state index in [0.717, 1.165) is 37.4 Å². The summed E-state index contributed by atoms with van der Waals surface area (Å²) in [5, 5.41) is 3.00. The number of hydrogen-bond donors (Lipinski definition) is 1. The number of aromatic nitrogens is 1. The highest BCUT2D eigenvalue weighted by Gasteiger charge is 2.40. The molecule has 1 aromatic heterocycles. The van der Waals surface area contributed by atoms with Crippen molar-refractivity contribution in [2.75, 3.05) is 10.7 Å². The molecule has 2 amide bonds. The molecule has 1 aromatic carbocycles. The number of halogens is 1. The fourth-order valence-electron chi connectivity index (χ4n) is 4.17. The molecule has 2 aliphatic rings. The van der Waals surface area contributed by atoms with Gasteiger partial charge in [-0.2, -0.15) is 0 Å². The van der Waals surface area contributed by atoms with Crippen molar-refractivity contribution in [2.24, 2.45) is 5.92 Å². The molecule has 162 valence electrons. The second-order valence-corrected chi connectivity index (χ2v) is 9.00. The molecule has 0 bridgehead atoms. The van der Waals surface area contributed by atoms with Gasteiger partial charge >= 0.3 is 0 Å². The number of anilines is 1. The minimum atomic E-state index is -1.06. The average molecular weight is 442 g/mol. The number of pyridine rings is 1. The average Bonchev–Trinajstić information content (AvgIpc) is 3.43. The van der Waals surface area contributed by atoms with E-state index >= 15 is 0 Å². The Bertz CT molecular complexity index is 966. The molecule has 1 aliphatic heterocycles. The lowest BCUT2D eigenvalue weighted by Gasteiger charge is -2.33. The first kappa shape index (κ1) is 21.5. The topological polar surface area (TPSA) is 79.4 Å². The normalized spacial score (nSPS) is 19.9. The van der Waals surface area contributed by atoms with Crippen LogP contribution >= 0.6 is 11.8 Å². The van der Waals surface area contributed by atoms with Gasteiger partial charge in [-0.15, -0.1) is 0 Å². The maximum absolute atomic E-state index is 14.1. The van der Waals surface area contributed by atoms with Crippen molar-refractivity contribution in [2.45, 2.75) is 44.2 Å². The molecule has 31 heavy (non-hydrogen) atoms. The standard InChI is InChI=1S/C23H24FN3O3S/c24-16-6-5-9-18(13-16)27(23(30)15-12-20(28)31-14-15)21(19-10-3-4-11-25-19)22(29)26-17-7-1-2-8-17/h3-6,9-11,13,15,17,21H,1-2,7-8,12,14H2,(H,26,29)/t15-,21-/m1/s1. The Kier molecular flexibility index (Phi) is 6.65. The van der Waals surface area contributed by atoms with Gasteiger partial charge in [0.2, 0.25) is 11.8 Å². The lowest BCUT2D eigenvalue weighted by atomic mass is 10.0. The molecule has 2 heterocycles. The van der Waals surface area contributed by atoms with Gasteiger partial charge in [0.1, 0.15) is 5.82 Å².